The van der Waals surface area contributed by atoms with Crippen molar-refractivity contribution < 1.29 is 9.26 Å². The van der Waals surface area contributed by atoms with Gasteiger partial charge in [0.25, 0.3) is 0 Å². The van der Waals surface area contributed by atoms with Crippen LogP contribution in [0.2, 0.25) is 5.02 Å². The Kier molecular flexibility index (Phi) is 3.98. The number of nitrogen functional groups attached to an aromatic ring is 1. The maximum Gasteiger partial charge on any atom is 0.230 e. The molecule has 1 aliphatic heterocycles. The molecule has 6 nitrogen and oxygen atoms in total. The van der Waals surface area contributed by atoms with Crippen LogP contribution in [0.3, 0.4) is 0 Å². The highest BCUT2D eigenvalue weighted by atomic mass is 35.5. The highest BCUT2D eigenvalue weighted by molar-refractivity contribution is 6.33. The van der Waals surface area contributed by atoms with Gasteiger partial charge in [0, 0.05) is 12.0 Å². The van der Waals surface area contributed by atoms with Crippen LogP contribution in [-0.2, 0) is 0 Å². The molecule has 0 unspecified atom stereocenters. The van der Waals surface area contributed by atoms with Gasteiger partial charge in [-0.25, -0.2) is 0 Å². The van der Waals surface area contributed by atoms with Crippen LogP contribution < -0.4 is 15.8 Å². The Hall–Kier alpha value is -1.79. The van der Waals surface area contributed by atoms with E-state index in [1.807, 2.05) is 0 Å². The Morgan fingerprint density at radius 3 is 2.86 bits per heavy atom. The van der Waals surface area contributed by atoms with Gasteiger partial charge in [-0.3, -0.25) is 0 Å². The minimum absolute atomic E-state index is 0.308. The second-order valence-electron chi connectivity index (χ2n) is 5.05. The molecule has 3 rings (SSSR count). The number of methoxy groups -OCH3 is 1. The lowest BCUT2D eigenvalue weighted by atomic mass is 9.98. The first kappa shape index (κ1) is 14.2. The maximum atomic E-state index is 6.07. The average molecular weight is 309 g/mol. The van der Waals surface area contributed by atoms with Gasteiger partial charge in [0.2, 0.25) is 11.7 Å². The van der Waals surface area contributed by atoms with Gasteiger partial charge in [-0.1, -0.05) is 16.8 Å². The quantitative estimate of drug-likeness (QED) is 0.847. The first-order valence-corrected chi connectivity index (χ1v) is 7.24. The molecule has 0 aliphatic carbocycles. The number of ether oxygens (including phenoxy) is 1. The van der Waals surface area contributed by atoms with Crippen LogP contribution >= 0.6 is 11.6 Å². The molecule has 0 radical (unpaired) electrons. The molecular weight excluding hydrogens is 292 g/mol. The standard InChI is InChI=1S/C14H17ClN4O2/c1-20-12-7-11(16)10(15)6-9(12)13-18-14(21-19-13)8-2-4-17-5-3-8/h6-8,17H,2-5,16H2,1H3. The Morgan fingerprint density at radius 1 is 1.38 bits per heavy atom. The minimum Gasteiger partial charge on any atom is -0.496 e. The first-order valence-electron chi connectivity index (χ1n) is 6.86. The van der Waals surface area contributed by atoms with Gasteiger partial charge in [0.15, 0.2) is 0 Å². The molecular formula is C14H17ClN4O2. The normalized spacial score (nSPS) is 16.1. The van der Waals surface area contributed by atoms with Gasteiger partial charge >= 0.3 is 0 Å². The van der Waals surface area contributed by atoms with Crippen molar-refractivity contribution in [3.05, 3.63) is 23.0 Å². The second-order valence-corrected chi connectivity index (χ2v) is 5.46. The molecule has 3 N–H and O–H groups in total. The number of nitrogens with two attached hydrogens (primary N) is 1. The number of hydrogen-bond donors (Lipinski definition) is 2. The van der Waals surface area contributed by atoms with E-state index in [0.29, 0.717) is 39.7 Å². The molecule has 112 valence electrons. The summed E-state index contributed by atoms with van der Waals surface area (Å²) in [5.41, 5.74) is 6.92. The van der Waals surface area contributed by atoms with E-state index in [9.17, 15) is 0 Å². The molecule has 1 aromatic carbocycles. The summed E-state index contributed by atoms with van der Waals surface area (Å²) in [7, 11) is 1.57. The number of aromatic nitrogens is 2. The van der Waals surface area contributed by atoms with Crippen LogP contribution in [0.4, 0.5) is 5.69 Å². The van der Waals surface area contributed by atoms with Crippen molar-refractivity contribution in [1.82, 2.24) is 15.5 Å². The van der Waals surface area contributed by atoms with Crippen molar-refractivity contribution in [2.24, 2.45) is 0 Å². The molecule has 21 heavy (non-hydrogen) atoms. The predicted octanol–water partition coefficient (Wildman–Crippen LogP) is 2.45. The van der Waals surface area contributed by atoms with E-state index in [2.05, 4.69) is 15.5 Å². The van der Waals surface area contributed by atoms with E-state index in [4.69, 9.17) is 26.6 Å². The highest BCUT2D eigenvalue weighted by Crippen LogP contribution is 2.35. The number of anilines is 1. The molecule has 0 amide bonds. The molecule has 0 saturated carbocycles. The summed E-state index contributed by atoms with van der Waals surface area (Å²) >= 11 is 6.07. The molecule has 7 heteroatoms. The minimum atomic E-state index is 0.308. The lowest BCUT2D eigenvalue weighted by Gasteiger charge is -2.18. The predicted molar refractivity (Wildman–Crippen MR) is 80.6 cm³/mol. The van der Waals surface area contributed by atoms with Crippen molar-refractivity contribution >= 4 is 17.3 Å². The number of nitrogens with zero attached hydrogens (tertiary/aromatic N) is 2. The molecule has 0 spiro atoms. The summed E-state index contributed by atoms with van der Waals surface area (Å²) in [5.74, 6) is 2.03. The number of nitrogens with one attached hydrogen (secondary N) is 1. The van der Waals surface area contributed by atoms with Gasteiger partial charge in [-0.05, 0) is 32.0 Å². The second kappa shape index (κ2) is 5.91. The molecule has 0 atom stereocenters. The summed E-state index contributed by atoms with van der Waals surface area (Å²) in [6.07, 6.45) is 2.00. The third-order valence-corrected chi connectivity index (χ3v) is 4.02. The number of hydrogen-bond acceptors (Lipinski definition) is 6. The number of piperidine rings is 1. The molecule has 1 fully saturated rings. The van der Waals surface area contributed by atoms with Crippen LogP contribution in [0.25, 0.3) is 11.4 Å². The fraction of sp³-hybridized carbons (Fsp3) is 0.429. The van der Waals surface area contributed by atoms with Crippen molar-refractivity contribution in [1.29, 1.82) is 0 Å². The van der Waals surface area contributed by atoms with Crippen molar-refractivity contribution in [3.63, 3.8) is 0 Å². The summed E-state index contributed by atoms with van der Waals surface area (Å²) < 4.78 is 10.7. The topological polar surface area (TPSA) is 86.2 Å². The molecule has 2 heterocycles. The smallest absolute Gasteiger partial charge is 0.230 e. The van der Waals surface area contributed by atoms with E-state index in [1.54, 1.807) is 19.2 Å². The lowest BCUT2D eigenvalue weighted by molar-refractivity contribution is 0.320. The number of rotatable bonds is 3. The fourth-order valence-corrected chi connectivity index (χ4v) is 2.66. The lowest BCUT2D eigenvalue weighted by Crippen LogP contribution is -2.26. The highest BCUT2D eigenvalue weighted by Gasteiger charge is 2.23. The zero-order valence-electron chi connectivity index (χ0n) is 11.7. The van der Waals surface area contributed by atoms with Crippen molar-refractivity contribution in [2.45, 2.75) is 18.8 Å². The van der Waals surface area contributed by atoms with E-state index >= 15 is 0 Å². The van der Waals surface area contributed by atoms with Crippen LogP contribution in [0, 0.1) is 0 Å². The zero-order chi connectivity index (χ0) is 14.8. The summed E-state index contributed by atoms with van der Waals surface area (Å²) in [6, 6.07) is 3.37. The molecule has 0 bridgehead atoms. The van der Waals surface area contributed by atoms with Gasteiger partial charge < -0.3 is 20.3 Å². The summed E-state index contributed by atoms with van der Waals surface area (Å²) in [4.78, 5) is 4.50. The van der Waals surface area contributed by atoms with Crippen LogP contribution in [0.5, 0.6) is 5.75 Å². The fourth-order valence-electron chi connectivity index (χ4n) is 2.49. The number of benzene rings is 1. The molecule has 2 aromatic rings. The Morgan fingerprint density at radius 2 is 2.14 bits per heavy atom. The van der Waals surface area contributed by atoms with E-state index in [0.717, 1.165) is 25.9 Å². The Bertz CT molecular complexity index is 638. The summed E-state index contributed by atoms with van der Waals surface area (Å²) in [6.45, 7) is 1.94. The average Bonchev–Trinajstić information content (AvgIpc) is 3.00. The Labute approximate surface area is 127 Å². The third-order valence-electron chi connectivity index (χ3n) is 3.69. The Balaban J connectivity index is 1.94. The van der Waals surface area contributed by atoms with Crippen molar-refractivity contribution in [3.8, 4) is 17.1 Å². The van der Waals surface area contributed by atoms with E-state index in [-0.39, 0.29) is 0 Å². The number of halogens is 1. The largest absolute Gasteiger partial charge is 0.496 e. The maximum absolute atomic E-state index is 6.07. The van der Waals surface area contributed by atoms with E-state index in [1.165, 1.54) is 0 Å². The first-order chi connectivity index (χ1) is 10.2. The van der Waals surface area contributed by atoms with Gasteiger partial charge in [0.1, 0.15) is 5.75 Å². The van der Waals surface area contributed by atoms with Crippen LogP contribution in [0.1, 0.15) is 24.7 Å². The van der Waals surface area contributed by atoms with Gasteiger partial charge in [0.05, 0.1) is 23.4 Å². The van der Waals surface area contributed by atoms with Gasteiger partial charge in [-0.15, -0.1) is 0 Å². The van der Waals surface area contributed by atoms with Crippen LogP contribution in [-0.4, -0.2) is 30.3 Å². The summed E-state index contributed by atoms with van der Waals surface area (Å²) in [5, 5.41) is 7.81. The third kappa shape index (κ3) is 2.82. The van der Waals surface area contributed by atoms with E-state index < -0.39 is 0 Å². The molecule has 1 aromatic heterocycles. The SMILES string of the molecule is COc1cc(N)c(Cl)cc1-c1noc(C2CCNCC2)n1. The van der Waals surface area contributed by atoms with Gasteiger partial charge in [-0.2, -0.15) is 4.98 Å². The van der Waals surface area contributed by atoms with Crippen molar-refractivity contribution in [2.75, 3.05) is 25.9 Å². The zero-order valence-corrected chi connectivity index (χ0v) is 12.5. The van der Waals surface area contributed by atoms with Crippen LogP contribution in [0.15, 0.2) is 16.7 Å². The molecule has 1 aliphatic rings. The monoisotopic (exact) mass is 308 g/mol. The molecule has 1 saturated heterocycles.